The Hall–Kier alpha value is 0.200. The van der Waals surface area contributed by atoms with Gasteiger partial charge in [-0.2, -0.15) is 0 Å². The Bertz CT molecular complexity index is 260. The Balaban J connectivity index is 2.09. The van der Waals surface area contributed by atoms with Crippen LogP contribution in [-0.4, -0.2) is 26.1 Å². The Morgan fingerprint density at radius 1 is 1.50 bits per heavy atom. The van der Waals surface area contributed by atoms with Crippen LogP contribution < -0.4 is 4.72 Å². The van der Waals surface area contributed by atoms with E-state index in [0.29, 0.717) is 18.2 Å². The van der Waals surface area contributed by atoms with E-state index in [-0.39, 0.29) is 5.38 Å². The largest absolute Gasteiger partial charge is 0.215 e. The molecule has 1 rings (SSSR count). The first-order valence-electron chi connectivity index (χ1n) is 5.11. The number of hydrogen-bond donors (Lipinski definition) is 1. The van der Waals surface area contributed by atoms with Crippen molar-refractivity contribution in [2.24, 2.45) is 5.92 Å². The second-order valence-electron chi connectivity index (χ2n) is 4.04. The third-order valence-electron chi connectivity index (χ3n) is 2.25. The van der Waals surface area contributed by atoms with E-state index >= 15 is 0 Å². The molecule has 84 valence electrons. The van der Waals surface area contributed by atoms with Crippen molar-refractivity contribution in [1.82, 2.24) is 4.72 Å². The van der Waals surface area contributed by atoms with E-state index in [1.807, 2.05) is 6.92 Å². The van der Waals surface area contributed by atoms with Crippen molar-refractivity contribution in [2.75, 3.05) is 12.3 Å². The van der Waals surface area contributed by atoms with Crippen molar-refractivity contribution in [3.05, 3.63) is 0 Å². The van der Waals surface area contributed by atoms with Crippen LogP contribution in [0.3, 0.4) is 0 Å². The van der Waals surface area contributed by atoms with Gasteiger partial charge in [-0.1, -0.05) is 0 Å². The molecule has 0 spiro atoms. The van der Waals surface area contributed by atoms with E-state index in [0.717, 1.165) is 25.7 Å². The van der Waals surface area contributed by atoms with E-state index in [2.05, 4.69) is 4.72 Å². The summed E-state index contributed by atoms with van der Waals surface area (Å²) in [4.78, 5) is 0. The maximum absolute atomic E-state index is 11.4. The first kappa shape index (κ1) is 12.3. The lowest BCUT2D eigenvalue weighted by Crippen LogP contribution is -2.28. The predicted octanol–water partition coefficient (Wildman–Crippen LogP) is 1.72. The third kappa shape index (κ3) is 5.83. The fraction of sp³-hybridized carbons (Fsp3) is 1.00. The third-order valence-corrected chi connectivity index (χ3v) is 4.03. The van der Waals surface area contributed by atoms with Gasteiger partial charge in [0.05, 0.1) is 5.75 Å². The summed E-state index contributed by atoms with van der Waals surface area (Å²) in [5, 5.41) is 0.128. The van der Waals surface area contributed by atoms with Crippen LogP contribution in [0.2, 0.25) is 0 Å². The Labute approximate surface area is 91.3 Å². The number of rotatable bonds is 7. The Morgan fingerprint density at radius 2 is 2.14 bits per heavy atom. The van der Waals surface area contributed by atoms with Crippen molar-refractivity contribution < 1.29 is 8.42 Å². The van der Waals surface area contributed by atoms with Gasteiger partial charge in [-0.05, 0) is 38.5 Å². The van der Waals surface area contributed by atoms with Gasteiger partial charge in [0, 0.05) is 11.9 Å². The SMILES string of the molecule is CC(Cl)CCCNS(=O)(=O)CC1CC1. The van der Waals surface area contributed by atoms with Crippen LogP contribution in [0.4, 0.5) is 0 Å². The maximum atomic E-state index is 11.4. The van der Waals surface area contributed by atoms with E-state index in [4.69, 9.17) is 11.6 Å². The van der Waals surface area contributed by atoms with Crippen LogP contribution in [0.1, 0.15) is 32.6 Å². The highest BCUT2D eigenvalue weighted by atomic mass is 35.5. The predicted molar refractivity (Wildman–Crippen MR) is 59.1 cm³/mol. The molecular formula is C9H18ClNO2S. The van der Waals surface area contributed by atoms with Gasteiger partial charge >= 0.3 is 0 Å². The molecule has 1 N–H and O–H groups in total. The van der Waals surface area contributed by atoms with Gasteiger partial charge in [-0.25, -0.2) is 13.1 Å². The number of halogens is 1. The Kier molecular flexibility index (Phi) is 4.67. The highest BCUT2D eigenvalue weighted by molar-refractivity contribution is 7.89. The van der Waals surface area contributed by atoms with E-state index < -0.39 is 10.0 Å². The molecule has 5 heteroatoms. The summed E-state index contributed by atoms with van der Waals surface area (Å²) in [5.41, 5.74) is 0. The van der Waals surface area contributed by atoms with Crippen LogP contribution >= 0.6 is 11.6 Å². The van der Waals surface area contributed by atoms with Gasteiger partial charge in [0.1, 0.15) is 0 Å². The van der Waals surface area contributed by atoms with Crippen LogP contribution in [-0.2, 0) is 10.0 Å². The summed E-state index contributed by atoms with van der Waals surface area (Å²) < 4.78 is 25.4. The quantitative estimate of drug-likeness (QED) is 0.543. The number of nitrogens with one attached hydrogen (secondary N) is 1. The van der Waals surface area contributed by atoms with Gasteiger partial charge in [-0.15, -0.1) is 11.6 Å². The molecular weight excluding hydrogens is 222 g/mol. The fourth-order valence-electron chi connectivity index (χ4n) is 1.26. The zero-order valence-corrected chi connectivity index (χ0v) is 10.1. The minimum atomic E-state index is -3.01. The first-order chi connectivity index (χ1) is 6.49. The second-order valence-corrected chi connectivity index (χ2v) is 6.64. The molecule has 1 aliphatic rings. The smallest absolute Gasteiger partial charge is 0.211 e. The second kappa shape index (κ2) is 5.33. The minimum absolute atomic E-state index is 0.128. The molecule has 3 nitrogen and oxygen atoms in total. The number of sulfonamides is 1. The van der Waals surface area contributed by atoms with Crippen molar-refractivity contribution in [3.63, 3.8) is 0 Å². The zero-order valence-electron chi connectivity index (χ0n) is 8.50. The van der Waals surface area contributed by atoms with Crippen molar-refractivity contribution in [3.8, 4) is 0 Å². The van der Waals surface area contributed by atoms with Crippen molar-refractivity contribution >= 4 is 21.6 Å². The first-order valence-corrected chi connectivity index (χ1v) is 7.20. The molecule has 0 radical (unpaired) electrons. The highest BCUT2D eigenvalue weighted by Gasteiger charge is 2.27. The molecule has 0 aromatic rings. The van der Waals surface area contributed by atoms with Gasteiger partial charge in [0.15, 0.2) is 0 Å². The molecule has 1 fully saturated rings. The topological polar surface area (TPSA) is 46.2 Å². The molecule has 14 heavy (non-hydrogen) atoms. The molecule has 0 aliphatic heterocycles. The standard InChI is InChI=1S/C9H18ClNO2S/c1-8(10)3-2-6-11-14(12,13)7-9-4-5-9/h8-9,11H,2-7H2,1H3. The molecule has 1 saturated carbocycles. The average Bonchev–Trinajstić information content (AvgIpc) is 2.81. The van der Waals surface area contributed by atoms with E-state index in [1.165, 1.54) is 0 Å². The van der Waals surface area contributed by atoms with Crippen LogP contribution in [0.5, 0.6) is 0 Å². The van der Waals surface area contributed by atoms with Gasteiger partial charge in [0.2, 0.25) is 10.0 Å². The van der Waals surface area contributed by atoms with Gasteiger partial charge < -0.3 is 0 Å². The maximum Gasteiger partial charge on any atom is 0.211 e. The van der Waals surface area contributed by atoms with Crippen LogP contribution in [0, 0.1) is 5.92 Å². The monoisotopic (exact) mass is 239 g/mol. The molecule has 0 heterocycles. The van der Waals surface area contributed by atoms with Gasteiger partial charge in [-0.3, -0.25) is 0 Å². The molecule has 1 unspecified atom stereocenters. The van der Waals surface area contributed by atoms with Gasteiger partial charge in [0.25, 0.3) is 0 Å². The van der Waals surface area contributed by atoms with E-state index in [9.17, 15) is 8.42 Å². The molecule has 1 atom stereocenters. The lowest BCUT2D eigenvalue weighted by molar-refractivity contribution is 0.572. The number of hydrogen-bond acceptors (Lipinski definition) is 2. The molecule has 1 aliphatic carbocycles. The summed E-state index contributed by atoms with van der Waals surface area (Å²) >= 11 is 5.74. The summed E-state index contributed by atoms with van der Waals surface area (Å²) in [6.07, 6.45) is 3.81. The normalized spacial score (nSPS) is 19.6. The van der Waals surface area contributed by atoms with Crippen LogP contribution in [0.25, 0.3) is 0 Å². The molecule has 0 aromatic carbocycles. The van der Waals surface area contributed by atoms with Crippen molar-refractivity contribution in [2.45, 2.75) is 38.0 Å². The molecule has 0 saturated heterocycles. The molecule has 0 amide bonds. The molecule has 0 bridgehead atoms. The minimum Gasteiger partial charge on any atom is -0.215 e. The highest BCUT2D eigenvalue weighted by Crippen LogP contribution is 2.29. The Morgan fingerprint density at radius 3 is 2.64 bits per heavy atom. The summed E-state index contributed by atoms with van der Waals surface area (Å²) in [5.74, 6) is 0.725. The summed E-state index contributed by atoms with van der Waals surface area (Å²) in [6.45, 7) is 2.44. The fourth-order valence-corrected chi connectivity index (χ4v) is 2.95. The van der Waals surface area contributed by atoms with Crippen molar-refractivity contribution in [1.29, 1.82) is 0 Å². The van der Waals surface area contributed by atoms with E-state index in [1.54, 1.807) is 0 Å². The zero-order chi connectivity index (χ0) is 10.6. The molecule has 0 aromatic heterocycles. The lowest BCUT2D eigenvalue weighted by atomic mass is 10.2. The average molecular weight is 240 g/mol. The lowest BCUT2D eigenvalue weighted by Gasteiger charge is -2.06. The number of alkyl halides is 1. The summed E-state index contributed by atoms with van der Waals surface area (Å²) in [6, 6.07) is 0. The summed E-state index contributed by atoms with van der Waals surface area (Å²) in [7, 11) is -3.01. The van der Waals surface area contributed by atoms with Crippen LogP contribution in [0.15, 0.2) is 0 Å².